The number of nitrogens with one attached hydrogen (secondary N) is 2. The van der Waals surface area contributed by atoms with Crippen molar-refractivity contribution in [1.29, 1.82) is 0 Å². The fourth-order valence-electron chi connectivity index (χ4n) is 5.52. The second kappa shape index (κ2) is 11.3. The molecule has 5 nitrogen and oxygen atoms in total. The van der Waals surface area contributed by atoms with Gasteiger partial charge in [-0.25, -0.2) is 0 Å². The fourth-order valence-corrected chi connectivity index (χ4v) is 5.52. The Bertz CT molecular complexity index is 640. The maximum atomic E-state index is 12.4. The Balaban J connectivity index is 1.14. The van der Waals surface area contributed by atoms with Gasteiger partial charge in [-0.3, -0.25) is 14.6 Å². The van der Waals surface area contributed by atoms with Crippen molar-refractivity contribution in [2.45, 2.75) is 58.0 Å². The second-order valence-electron chi connectivity index (χ2n) is 9.63. The first-order valence-electron chi connectivity index (χ1n) is 12.3. The van der Waals surface area contributed by atoms with E-state index in [4.69, 9.17) is 0 Å². The summed E-state index contributed by atoms with van der Waals surface area (Å²) in [7, 11) is 0. The van der Waals surface area contributed by atoms with E-state index >= 15 is 0 Å². The number of nitrogens with zero attached hydrogens (tertiary/aromatic N) is 2. The van der Waals surface area contributed by atoms with Crippen LogP contribution in [0.5, 0.6) is 0 Å². The first-order valence-corrected chi connectivity index (χ1v) is 12.3. The summed E-state index contributed by atoms with van der Waals surface area (Å²) in [4.78, 5) is 17.3. The molecule has 3 heterocycles. The Morgan fingerprint density at radius 1 is 0.833 bits per heavy atom. The maximum Gasteiger partial charge on any atom is 0.234 e. The third-order valence-corrected chi connectivity index (χ3v) is 7.40. The highest BCUT2D eigenvalue weighted by molar-refractivity contribution is 5.78. The molecule has 4 rings (SSSR count). The van der Waals surface area contributed by atoms with Crippen LogP contribution >= 0.6 is 0 Å². The molecule has 1 amide bonds. The molecule has 0 bridgehead atoms. The quantitative estimate of drug-likeness (QED) is 0.723. The molecule has 5 heteroatoms. The Morgan fingerprint density at radius 2 is 1.53 bits per heavy atom. The minimum Gasteiger partial charge on any atom is -0.351 e. The molecular weight excluding hydrogens is 372 g/mol. The minimum absolute atomic E-state index is 0.160. The van der Waals surface area contributed by atoms with Gasteiger partial charge in [0.1, 0.15) is 0 Å². The number of likely N-dealkylation sites (tertiary alicyclic amines) is 2. The average molecular weight is 413 g/mol. The molecule has 0 radical (unpaired) electrons. The summed E-state index contributed by atoms with van der Waals surface area (Å²) >= 11 is 0. The highest BCUT2D eigenvalue weighted by atomic mass is 16.2. The van der Waals surface area contributed by atoms with Crippen molar-refractivity contribution < 1.29 is 4.79 Å². The van der Waals surface area contributed by atoms with Gasteiger partial charge in [0.2, 0.25) is 5.91 Å². The van der Waals surface area contributed by atoms with E-state index in [2.05, 4.69) is 44.7 Å². The first-order chi connectivity index (χ1) is 14.8. The van der Waals surface area contributed by atoms with E-state index in [1.165, 1.54) is 82.3 Å². The van der Waals surface area contributed by atoms with Gasteiger partial charge in [0.05, 0.1) is 6.54 Å². The molecule has 3 fully saturated rings. The number of rotatable bonds is 7. The van der Waals surface area contributed by atoms with Gasteiger partial charge >= 0.3 is 0 Å². The third kappa shape index (κ3) is 6.53. The van der Waals surface area contributed by atoms with Gasteiger partial charge in [0, 0.05) is 13.1 Å². The van der Waals surface area contributed by atoms with Crippen LogP contribution in [-0.2, 0) is 17.9 Å². The molecule has 1 aromatic carbocycles. The van der Waals surface area contributed by atoms with Crippen LogP contribution in [-0.4, -0.2) is 61.5 Å². The molecule has 0 saturated carbocycles. The lowest BCUT2D eigenvalue weighted by Gasteiger charge is -2.35. The number of hydrogen-bond acceptors (Lipinski definition) is 4. The normalized spacial score (nSPS) is 24.6. The SMILES string of the molecule is O=C(CN1CCC(C2CCCNCC2)CC1)NCc1ccc(CN2CCCC2)cc1. The van der Waals surface area contributed by atoms with Crippen LogP contribution in [0.4, 0.5) is 0 Å². The van der Waals surface area contributed by atoms with Gasteiger partial charge in [-0.1, -0.05) is 24.3 Å². The predicted octanol–water partition coefficient (Wildman–Crippen LogP) is 3.00. The Hall–Kier alpha value is -1.43. The second-order valence-corrected chi connectivity index (χ2v) is 9.63. The van der Waals surface area contributed by atoms with Crippen molar-refractivity contribution in [2.75, 3.05) is 45.8 Å². The number of carbonyl (C=O) groups is 1. The molecule has 3 saturated heterocycles. The highest BCUT2D eigenvalue weighted by Crippen LogP contribution is 2.31. The van der Waals surface area contributed by atoms with E-state index in [1.807, 2.05) is 0 Å². The van der Waals surface area contributed by atoms with Crippen LogP contribution in [0.1, 0.15) is 56.1 Å². The monoisotopic (exact) mass is 412 g/mol. The summed E-state index contributed by atoms with van der Waals surface area (Å²) in [5.74, 6) is 1.92. The molecule has 0 aliphatic carbocycles. The molecular formula is C25H40N4O. The zero-order valence-corrected chi connectivity index (χ0v) is 18.6. The van der Waals surface area contributed by atoms with E-state index in [0.717, 1.165) is 31.5 Å². The van der Waals surface area contributed by atoms with E-state index in [9.17, 15) is 4.79 Å². The third-order valence-electron chi connectivity index (χ3n) is 7.40. The lowest BCUT2D eigenvalue weighted by molar-refractivity contribution is -0.122. The topological polar surface area (TPSA) is 47.6 Å². The molecule has 3 aliphatic rings. The van der Waals surface area contributed by atoms with Crippen LogP contribution in [0.15, 0.2) is 24.3 Å². The van der Waals surface area contributed by atoms with Crippen LogP contribution in [0.2, 0.25) is 0 Å². The van der Waals surface area contributed by atoms with Crippen LogP contribution in [0, 0.1) is 11.8 Å². The standard InChI is InChI=1S/C25H40N4O/c30-25(20-29-16-10-24(11-17-29)23-4-3-12-26-13-9-23)27-18-21-5-7-22(8-6-21)19-28-14-1-2-15-28/h5-8,23-24,26H,1-4,9-20H2,(H,27,30). The van der Waals surface area contributed by atoms with E-state index < -0.39 is 0 Å². The van der Waals surface area contributed by atoms with E-state index in [0.29, 0.717) is 13.1 Å². The number of piperidine rings is 1. The smallest absolute Gasteiger partial charge is 0.234 e. The van der Waals surface area contributed by atoms with Crippen molar-refractivity contribution in [3.8, 4) is 0 Å². The van der Waals surface area contributed by atoms with Crippen LogP contribution in [0.3, 0.4) is 0 Å². The number of hydrogen-bond donors (Lipinski definition) is 2. The summed E-state index contributed by atoms with van der Waals surface area (Å²) in [5, 5.41) is 6.65. The van der Waals surface area contributed by atoms with Gasteiger partial charge in [-0.2, -0.15) is 0 Å². The fraction of sp³-hybridized carbons (Fsp3) is 0.720. The van der Waals surface area contributed by atoms with Gasteiger partial charge in [0.15, 0.2) is 0 Å². The molecule has 1 atom stereocenters. The Kier molecular flexibility index (Phi) is 8.18. The molecule has 2 N–H and O–H groups in total. The summed E-state index contributed by atoms with van der Waals surface area (Å²) in [6, 6.07) is 8.76. The minimum atomic E-state index is 0.160. The Labute approximate surface area is 182 Å². The molecule has 30 heavy (non-hydrogen) atoms. The lowest BCUT2D eigenvalue weighted by Crippen LogP contribution is -2.42. The molecule has 0 spiro atoms. The summed E-state index contributed by atoms with van der Waals surface area (Å²) in [6.07, 6.45) is 9.23. The summed E-state index contributed by atoms with van der Waals surface area (Å²) < 4.78 is 0. The van der Waals surface area contributed by atoms with Gasteiger partial charge in [0.25, 0.3) is 0 Å². The maximum absolute atomic E-state index is 12.4. The van der Waals surface area contributed by atoms with Crippen LogP contribution in [0.25, 0.3) is 0 Å². The summed E-state index contributed by atoms with van der Waals surface area (Å²) in [5.41, 5.74) is 2.56. The van der Waals surface area contributed by atoms with Crippen LogP contribution < -0.4 is 10.6 Å². The van der Waals surface area contributed by atoms with E-state index in [-0.39, 0.29) is 5.91 Å². The zero-order chi connectivity index (χ0) is 20.6. The summed E-state index contributed by atoms with van der Waals surface area (Å²) in [6.45, 7) is 9.23. The lowest BCUT2D eigenvalue weighted by atomic mass is 9.80. The molecule has 1 unspecified atom stereocenters. The first kappa shape index (κ1) is 21.8. The van der Waals surface area contributed by atoms with Crippen molar-refractivity contribution in [1.82, 2.24) is 20.4 Å². The Morgan fingerprint density at radius 3 is 2.30 bits per heavy atom. The van der Waals surface area contributed by atoms with Crippen molar-refractivity contribution in [3.05, 3.63) is 35.4 Å². The molecule has 3 aliphatic heterocycles. The molecule has 0 aromatic heterocycles. The van der Waals surface area contributed by atoms with E-state index in [1.54, 1.807) is 0 Å². The highest BCUT2D eigenvalue weighted by Gasteiger charge is 2.27. The van der Waals surface area contributed by atoms with Crippen molar-refractivity contribution in [3.63, 3.8) is 0 Å². The molecule has 1 aromatic rings. The largest absolute Gasteiger partial charge is 0.351 e. The zero-order valence-electron chi connectivity index (χ0n) is 18.6. The number of carbonyl (C=O) groups excluding carboxylic acids is 1. The van der Waals surface area contributed by atoms with Gasteiger partial charge in [-0.05, 0) is 107 Å². The predicted molar refractivity (Wildman–Crippen MR) is 122 cm³/mol. The van der Waals surface area contributed by atoms with Gasteiger partial charge in [-0.15, -0.1) is 0 Å². The van der Waals surface area contributed by atoms with Crippen molar-refractivity contribution in [2.24, 2.45) is 11.8 Å². The number of benzene rings is 1. The molecule has 166 valence electrons. The average Bonchev–Trinajstić information content (AvgIpc) is 3.13. The van der Waals surface area contributed by atoms with Crippen molar-refractivity contribution >= 4 is 5.91 Å². The number of amides is 1. The van der Waals surface area contributed by atoms with Gasteiger partial charge < -0.3 is 10.6 Å².